The van der Waals surface area contributed by atoms with Gasteiger partial charge in [-0.1, -0.05) is 26.7 Å². The number of ether oxygens (including phenoxy) is 1. The van der Waals surface area contributed by atoms with Gasteiger partial charge in [0.25, 0.3) is 0 Å². The molecule has 2 aliphatic rings. The third kappa shape index (κ3) is 5.56. The van der Waals surface area contributed by atoms with Crippen molar-refractivity contribution in [2.24, 2.45) is 16.8 Å². The molecule has 1 saturated heterocycles. The first kappa shape index (κ1) is 18.9. The van der Waals surface area contributed by atoms with Crippen LogP contribution in [0.4, 0.5) is 0 Å². The van der Waals surface area contributed by atoms with E-state index in [2.05, 4.69) is 35.7 Å². The van der Waals surface area contributed by atoms with Crippen molar-refractivity contribution in [3.05, 3.63) is 0 Å². The second-order valence-corrected chi connectivity index (χ2v) is 8.71. The third-order valence-electron chi connectivity index (χ3n) is 5.64. The highest BCUT2D eigenvalue weighted by Gasteiger charge is 2.32. The Hall–Kier alpha value is -0.420. The van der Waals surface area contributed by atoms with Crippen LogP contribution in [0.15, 0.2) is 4.99 Å². The minimum Gasteiger partial charge on any atom is -0.381 e. The van der Waals surface area contributed by atoms with Crippen LogP contribution in [0, 0.1) is 11.8 Å². The number of rotatable bonds is 5. The van der Waals surface area contributed by atoms with Crippen LogP contribution in [0.5, 0.6) is 0 Å². The summed E-state index contributed by atoms with van der Waals surface area (Å²) in [6, 6.07) is 0.572. The van der Waals surface area contributed by atoms with Crippen LogP contribution < -0.4 is 10.6 Å². The van der Waals surface area contributed by atoms with Gasteiger partial charge in [-0.3, -0.25) is 4.99 Å². The van der Waals surface area contributed by atoms with Gasteiger partial charge in [-0.2, -0.15) is 11.8 Å². The molecule has 23 heavy (non-hydrogen) atoms. The van der Waals surface area contributed by atoms with Crippen LogP contribution in [0.25, 0.3) is 0 Å². The van der Waals surface area contributed by atoms with Crippen molar-refractivity contribution in [3.63, 3.8) is 0 Å². The Morgan fingerprint density at radius 2 is 2.04 bits per heavy atom. The molecular formula is C18H35N3OS. The highest BCUT2D eigenvalue weighted by atomic mass is 32.2. The predicted octanol–water partition coefficient (Wildman–Crippen LogP) is 3.28. The highest BCUT2D eigenvalue weighted by molar-refractivity contribution is 8.00. The van der Waals surface area contributed by atoms with Gasteiger partial charge in [-0.05, 0) is 43.8 Å². The zero-order chi connectivity index (χ0) is 16.7. The molecule has 2 atom stereocenters. The zero-order valence-corrected chi connectivity index (χ0v) is 16.2. The van der Waals surface area contributed by atoms with E-state index in [1.165, 1.54) is 25.7 Å². The molecule has 2 rings (SSSR count). The molecule has 0 radical (unpaired) electrons. The summed E-state index contributed by atoms with van der Waals surface area (Å²) in [6.07, 6.45) is 9.73. The van der Waals surface area contributed by atoms with Crippen LogP contribution in [0.2, 0.25) is 0 Å². The number of guanidine groups is 1. The lowest BCUT2D eigenvalue weighted by atomic mass is 9.79. The number of nitrogens with zero attached hydrogens (tertiary/aromatic N) is 1. The Labute approximate surface area is 146 Å². The Balaban J connectivity index is 1.83. The molecule has 1 aliphatic carbocycles. The SMILES string of the molecule is CN=C(NCC1(SC)CCOCC1)NC1CCCC(C(C)C)C1. The number of nitrogens with one attached hydrogen (secondary N) is 2. The second kappa shape index (κ2) is 9.16. The summed E-state index contributed by atoms with van der Waals surface area (Å²) < 4.78 is 5.82. The fourth-order valence-electron chi connectivity index (χ4n) is 3.79. The van der Waals surface area contributed by atoms with E-state index >= 15 is 0 Å². The summed E-state index contributed by atoms with van der Waals surface area (Å²) in [5, 5.41) is 7.25. The van der Waals surface area contributed by atoms with Crippen molar-refractivity contribution in [1.29, 1.82) is 0 Å². The quantitative estimate of drug-likeness (QED) is 0.595. The van der Waals surface area contributed by atoms with Gasteiger partial charge in [0.2, 0.25) is 0 Å². The summed E-state index contributed by atoms with van der Waals surface area (Å²) in [6.45, 7) is 7.44. The molecule has 4 nitrogen and oxygen atoms in total. The Kier molecular flexibility index (Phi) is 7.54. The average molecular weight is 342 g/mol. The maximum absolute atomic E-state index is 5.53. The van der Waals surface area contributed by atoms with Crippen LogP contribution in [0.3, 0.4) is 0 Å². The molecule has 2 fully saturated rings. The lowest BCUT2D eigenvalue weighted by molar-refractivity contribution is 0.0782. The van der Waals surface area contributed by atoms with Crippen LogP contribution >= 0.6 is 11.8 Å². The van der Waals surface area contributed by atoms with Gasteiger partial charge in [0.15, 0.2) is 5.96 Å². The lowest BCUT2D eigenvalue weighted by Gasteiger charge is -2.37. The molecule has 1 aliphatic heterocycles. The van der Waals surface area contributed by atoms with Gasteiger partial charge < -0.3 is 15.4 Å². The van der Waals surface area contributed by atoms with Crippen LogP contribution in [-0.4, -0.2) is 49.8 Å². The Bertz CT molecular complexity index is 380. The van der Waals surface area contributed by atoms with Crippen molar-refractivity contribution < 1.29 is 4.74 Å². The zero-order valence-electron chi connectivity index (χ0n) is 15.4. The maximum atomic E-state index is 5.53. The van der Waals surface area contributed by atoms with Gasteiger partial charge in [0.1, 0.15) is 0 Å². The van der Waals surface area contributed by atoms with Gasteiger partial charge in [0.05, 0.1) is 0 Å². The molecule has 1 saturated carbocycles. The average Bonchev–Trinajstić information content (AvgIpc) is 2.59. The predicted molar refractivity (Wildman–Crippen MR) is 101 cm³/mol. The summed E-state index contributed by atoms with van der Waals surface area (Å²) in [4.78, 5) is 4.46. The molecule has 0 amide bonds. The van der Waals surface area contributed by atoms with Crippen LogP contribution in [-0.2, 0) is 4.74 Å². The van der Waals surface area contributed by atoms with E-state index in [9.17, 15) is 0 Å². The monoisotopic (exact) mass is 341 g/mol. The third-order valence-corrected chi connectivity index (χ3v) is 7.06. The Morgan fingerprint density at radius 3 is 2.65 bits per heavy atom. The van der Waals surface area contributed by atoms with Crippen LogP contribution in [0.1, 0.15) is 52.4 Å². The Morgan fingerprint density at radius 1 is 1.30 bits per heavy atom. The van der Waals surface area contributed by atoms with E-state index in [1.807, 2.05) is 18.8 Å². The fraction of sp³-hybridized carbons (Fsp3) is 0.944. The minimum absolute atomic E-state index is 0.295. The fourth-order valence-corrected chi connectivity index (χ4v) is 4.58. The van der Waals surface area contributed by atoms with Gasteiger partial charge >= 0.3 is 0 Å². The molecule has 2 unspecified atom stereocenters. The van der Waals surface area contributed by atoms with Gasteiger partial charge in [-0.15, -0.1) is 0 Å². The molecule has 0 spiro atoms. The van der Waals surface area contributed by atoms with Crippen molar-refractivity contribution in [2.45, 2.75) is 63.2 Å². The smallest absolute Gasteiger partial charge is 0.191 e. The van der Waals surface area contributed by atoms with Crippen molar-refractivity contribution in [3.8, 4) is 0 Å². The molecule has 0 bridgehead atoms. The lowest BCUT2D eigenvalue weighted by Crippen LogP contribution is -2.51. The van der Waals surface area contributed by atoms with E-state index in [0.29, 0.717) is 10.8 Å². The minimum atomic E-state index is 0.295. The van der Waals surface area contributed by atoms with E-state index in [1.54, 1.807) is 0 Å². The topological polar surface area (TPSA) is 45.7 Å². The molecular weight excluding hydrogens is 306 g/mol. The normalized spacial score (nSPS) is 28.7. The van der Waals surface area contributed by atoms with E-state index in [4.69, 9.17) is 4.74 Å². The molecule has 5 heteroatoms. The standard InChI is InChI=1S/C18H35N3OS/c1-14(2)15-6-5-7-16(12-15)21-17(19-3)20-13-18(23-4)8-10-22-11-9-18/h14-16H,5-13H2,1-4H3,(H2,19,20,21). The molecule has 134 valence electrons. The number of hydrogen-bond donors (Lipinski definition) is 2. The molecule has 1 heterocycles. The van der Waals surface area contributed by atoms with Gasteiger partial charge in [0, 0.05) is 37.6 Å². The van der Waals surface area contributed by atoms with E-state index < -0.39 is 0 Å². The van der Waals surface area contributed by atoms with Crippen molar-refractivity contribution in [2.75, 3.05) is 33.1 Å². The van der Waals surface area contributed by atoms with Crippen molar-refractivity contribution in [1.82, 2.24) is 10.6 Å². The summed E-state index contributed by atoms with van der Waals surface area (Å²) in [5.41, 5.74) is 0. The van der Waals surface area contributed by atoms with E-state index in [0.717, 1.165) is 50.4 Å². The van der Waals surface area contributed by atoms with Gasteiger partial charge in [-0.25, -0.2) is 0 Å². The maximum Gasteiger partial charge on any atom is 0.191 e. The molecule has 2 N–H and O–H groups in total. The first-order valence-corrected chi connectivity index (χ1v) is 10.4. The number of thioether (sulfide) groups is 1. The number of aliphatic imine (C=N–C) groups is 1. The molecule has 0 aromatic carbocycles. The first-order valence-electron chi connectivity index (χ1n) is 9.18. The number of hydrogen-bond acceptors (Lipinski definition) is 3. The first-order chi connectivity index (χ1) is 11.1. The molecule has 0 aromatic rings. The highest BCUT2D eigenvalue weighted by Crippen LogP contribution is 2.33. The van der Waals surface area contributed by atoms with E-state index in [-0.39, 0.29) is 0 Å². The summed E-state index contributed by atoms with van der Waals surface area (Å²) in [5.74, 6) is 2.61. The summed E-state index contributed by atoms with van der Waals surface area (Å²) >= 11 is 1.97. The largest absolute Gasteiger partial charge is 0.381 e. The summed E-state index contributed by atoms with van der Waals surface area (Å²) in [7, 11) is 1.88. The van der Waals surface area contributed by atoms with Crippen molar-refractivity contribution >= 4 is 17.7 Å². The molecule has 0 aromatic heterocycles. The second-order valence-electron chi connectivity index (χ2n) is 7.44.